The van der Waals surface area contributed by atoms with Crippen LogP contribution >= 0.6 is 0 Å². The SMILES string of the molecule is FC1(F)Oc2ccc(-c3ccco3)cc2C(F)(F)O1. The van der Waals surface area contributed by atoms with Gasteiger partial charge in [-0.25, -0.2) is 4.74 Å². The van der Waals surface area contributed by atoms with Gasteiger partial charge in [-0.15, -0.1) is 8.78 Å². The molecule has 2 heterocycles. The zero-order valence-electron chi connectivity index (χ0n) is 9.20. The summed E-state index contributed by atoms with van der Waals surface area (Å²) in [4.78, 5) is 0. The van der Waals surface area contributed by atoms with Gasteiger partial charge in [0.25, 0.3) is 0 Å². The molecule has 0 spiro atoms. The number of hydrogen-bond acceptors (Lipinski definition) is 3. The van der Waals surface area contributed by atoms with Crippen molar-refractivity contribution in [1.82, 2.24) is 0 Å². The lowest BCUT2D eigenvalue weighted by molar-refractivity contribution is -0.461. The summed E-state index contributed by atoms with van der Waals surface area (Å²) in [6.45, 7) is 0. The predicted molar refractivity (Wildman–Crippen MR) is 54.7 cm³/mol. The molecule has 0 aliphatic carbocycles. The van der Waals surface area contributed by atoms with Crippen LogP contribution in [0, 0.1) is 0 Å². The first-order valence-electron chi connectivity index (χ1n) is 5.21. The highest BCUT2D eigenvalue weighted by Crippen LogP contribution is 2.47. The summed E-state index contributed by atoms with van der Waals surface area (Å²) in [6, 6.07) is 6.49. The second-order valence-corrected chi connectivity index (χ2v) is 3.87. The Labute approximate surface area is 104 Å². The Morgan fingerprint density at radius 3 is 2.47 bits per heavy atom. The van der Waals surface area contributed by atoms with Crippen molar-refractivity contribution >= 4 is 0 Å². The van der Waals surface area contributed by atoms with Gasteiger partial charge in [0.1, 0.15) is 11.5 Å². The van der Waals surface area contributed by atoms with Gasteiger partial charge in [-0.05, 0) is 30.3 Å². The van der Waals surface area contributed by atoms with E-state index in [4.69, 9.17) is 4.42 Å². The van der Waals surface area contributed by atoms with Crippen LogP contribution in [0.1, 0.15) is 5.56 Å². The van der Waals surface area contributed by atoms with Gasteiger partial charge in [-0.1, -0.05) is 0 Å². The third-order valence-electron chi connectivity index (χ3n) is 2.57. The molecule has 1 aliphatic heterocycles. The first-order valence-corrected chi connectivity index (χ1v) is 5.21. The molecule has 0 unspecified atom stereocenters. The van der Waals surface area contributed by atoms with E-state index in [0.29, 0.717) is 11.3 Å². The van der Waals surface area contributed by atoms with Crippen molar-refractivity contribution in [2.24, 2.45) is 0 Å². The monoisotopic (exact) mass is 274 g/mol. The first kappa shape index (κ1) is 12.0. The maximum Gasteiger partial charge on any atom is 0.540 e. The Bertz CT molecular complexity index is 607. The highest BCUT2D eigenvalue weighted by atomic mass is 19.3. The minimum atomic E-state index is -4.36. The zero-order chi connectivity index (χ0) is 13.7. The van der Waals surface area contributed by atoms with Crippen LogP contribution in [-0.2, 0) is 10.8 Å². The molecule has 3 rings (SSSR count). The molecule has 0 N–H and O–H groups in total. The van der Waals surface area contributed by atoms with Crippen molar-refractivity contribution < 1.29 is 31.5 Å². The highest BCUT2D eigenvalue weighted by molar-refractivity contribution is 5.61. The number of furan rings is 1. The largest absolute Gasteiger partial charge is 0.540 e. The average Bonchev–Trinajstić information content (AvgIpc) is 2.79. The van der Waals surface area contributed by atoms with Crippen molar-refractivity contribution in [2.45, 2.75) is 12.4 Å². The Hall–Kier alpha value is -2.02. The minimum Gasteiger partial charge on any atom is -0.464 e. The highest BCUT2D eigenvalue weighted by Gasteiger charge is 2.54. The first-order chi connectivity index (χ1) is 8.87. The molecule has 0 amide bonds. The van der Waals surface area contributed by atoms with Crippen molar-refractivity contribution in [3.8, 4) is 17.1 Å². The molecule has 1 aromatic heterocycles. The Balaban J connectivity index is 2.11. The fraction of sp³-hybridized carbons (Fsp3) is 0.167. The molecule has 19 heavy (non-hydrogen) atoms. The maximum atomic E-state index is 13.5. The normalized spacial score (nSPS) is 19.6. The summed E-state index contributed by atoms with van der Waals surface area (Å²) in [5.41, 5.74) is -0.465. The average molecular weight is 274 g/mol. The summed E-state index contributed by atoms with van der Waals surface area (Å²) in [7, 11) is 0. The van der Waals surface area contributed by atoms with Gasteiger partial charge < -0.3 is 9.15 Å². The lowest BCUT2D eigenvalue weighted by atomic mass is 10.1. The molecule has 100 valence electrons. The summed E-state index contributed by atoms with van der Waals surface area (Å²) >= 11 is 0. The molecule has 0 radical (unpaired) electrons. The van der Waals surface area contributed by atoms with Gasteiger partial charge >= 0.3 is 12.4 Å². The van der Waals surface area contributed by atoms with E-state index < -0.39 is 23.7 Å². The van der Waals surface area contributed by atoms with Crippen molar-refractivity contribution in [2.75, 3.05) is 0 Å². The van der Waals surface area contributed by atoms with E-state index in [-0.39, 0.29) is 0 Å². The second-order valence-electron chi connectivity index (χ2n) is 3.87. The third kappa shape index (κ3) is 2.06. The quantitative estimate of drug-likeness (QED) is 0.738. The van der Waals surface area contributed by atoms with Gasteiger partial charge in [0.15, 0.2) is 0 Å². The topological polar surface area (TPSA) is 31.6 Å². The van der Waals surface area contributed by atoms with Crippen molar-refractivity contribution in [1.29, 1.82) is 0 Å². The Morgan fingerprint density at radius 1 is 1.00 bits per heavy atom. The standard InChI is InChI=1S/C12H6F4O3/c13-11(14)8-6-7(9-2-1-5-17-9)3-4-10(8)18-12(15,16)19-11/h1-6H. The lowest BCUT2D eigenvalue weighted by Gasteiger charge is -2.30. The van der Waals surface area contributed by atoms with Crippen LogP contribution in [0.15, 0.2) is 41.0 Å². The van der Waals surface area contributed by atoms with E-state index in [1.165, 1.54) is 12.3 Å². The van der Waals surface area contributed by atoms with Crippen LogP contribution in [0.2, 0.25) is 0 Å². The summed E-state index contributed by atoms with van der Waals surface area (Å²) in [5, 5.41) is 0. The van der Waals surface area contributed by atoms with Crippen LogP contribution in [0.25, 0.3) is 11.3 Å². The number of rotatable bonds is 1. The van der Waals surface area contributed by atoms with Crippen LogP contribution in [-0.4, -0.2) is 6.29 Å². The van der Waals surface area contributed by atoms with Crippen molar-refractivity contribution in [3.05, 3.63) is 42.2 Å². The smallest absolute Gasteiger partial charge is 0.464 e. The number of halogens is 4. The molecular formula is C12H6F4O3. The van der Waals surface area contributed by atoms with E-state index in [1.54, 1.807) is 12.1 Å². The molecule has 0 saturated heterocycles. The number of hydrogen-bond donors (Lipinski definition) is 0. The summed E-state index contributed by atoms with van der Waals surface area (Å²) < 4.78 is 65.1. The van der Waals surface area contributed by atoms with Gasteiger partial charge in [0.2, 0.25) is 0 Å². The van der Waals surface area contributed by atoms with Crippen LogP contribution < -0.4 is 4.74 Å². The molecule has 1 aromatic carbocycles. The summed E-state index contributed by atoms with van der Waals surface area (Å²) in [5.74, 6) is -0.299. The van der Waals surface area contributed by atoms with Crippen LogP contribution in [0.3, 0.4) is 0 Å². The van der Waals surface area contributed by atoms with E-state index in [2.05, 4.69) is 9.47 Å². The maximum absolute atomic E-state index is 13.5. The fourth-order valence-corrected chi connectivity index (χ4v) is 1.80. The molecule has 7 heteroatoms. The van der Waals surface area contributed by atoms with E-state index in [1.807, 2.05) is 0 Å². The molecule has 2 aromatic rings. The molecule has 0 atom stereocenters. The van der Waals surface area contributed by atoms with Crippen molar-refractivity contribution in [3.63, 3.8) is 0 Å². The van der Waals surface area contributed by atoms with E-state index in [9.17, 15) is 17.6 Å². The number of ether oxygens (including phenoxy) is 2. The Morgan fingerprint density at radius 2 is 1.79 bits per heavy atom. The third-order valence-corrected chi connectivity index (χ3v) is 2.57. The molecule has 1 aliphatic rings. The summed E-state index contributed by atoms with van der Waals surface area (Å²) in [6.07, 6.45) is -7.13. The lowest BCUT2D eigenvalue weighted by Crippen LogP contribution is -2.41. The fourth-order valence-electron chi connectivity index (χ4n) is 1.80. The molecular weight excluding hydrogens is 268 g/mol. The van der Waals surface area contributed by atoms with Gasteiger partial charge in [-0.3, -0.25) is 0 Å². The number of fused-ring (bicyclic) bond motifs is 1. The molecule has 0 bridgehead atoms. The van der Waals surface area contributed by atoms with E-state index in [0.717, 1.165) is 12.1 Å². The van der Waals surface area contributed by atoms with Gasteiger partial charge in [0, 0.05) is 5.56 Å². The molecule has 3 nitrogen and oxygen atoms in total. The van der Waals surface area contributed by atoms with Crippen LogP contribution in [0.4, 0.5) is 17.6 Å². The van der Waals surface area contributed by atoms with Gasteiger partial charge in [0.05, 0.1) is 11.8 Å². The van der Waals surface area contributed by atoms with E-state index >= 15 is 0 Å². The number of benzene rings is 1. The Kier molecular flexibility index (Phi) is 2.37. The number of alkyl halides is 4. The zero-order valence-corrected chi connectivity index (χ0v) is 9.20. The predicted octanol–water partition coefficient (Wildman–Crippen LogP) is 3.96. The molecule has 0 fully saturated rings. The molecule has 0 saturated carbocycles. The minimum absolute atomic E-state index is 0.306. The second kappa shape index (κ2) is 3.74. The van der Waals surface area contributed by atoms with Crippen LogP contribution in [0.5, 0.6) is 5.75 Å². The van der Waals surface area contributed by atoms with Gasteiger partial charge in [-0.2, -0.15) is 8.78 Å².